The van der Waals surface area contributed by atoms with Crippen LogP contribution in [0.4, 0.5) is 13.2 Å². The molecule has 32 heavy (non-hydrogen) atoms. The van der Waals surface area contributed by atoms with E-state index in [0.717, 1.165) is 33.9 Å². The Balaban J connectivity index is 1.87. The third-order valence-electron chi connectivity index (χ3n) is 4.67. The Kier molecular flexibility index (Phi) is 10.4. The molecule has 2 rings (SSSR count). The third-order valence-corrected chi connectivity index (χ3v) is 5.80. The summed E-state index contributed by atoms with van der Waals surface area (Å²) >= 11 is 1.64. The highest BCUT2D eigenvalue weighted by molar-refractivity contribution is 7.99. The van der Waals surface area contributed by atoms with Crippen LogP contribution in [0, 0.1) is 6.92 Å². The number of rotatable bonds is 12. The number of thioether (sulfide) groups is 1. The van der Waals surface area contributed by atoms with Crippen molar-refractivity contribution in [3.8, 4) is 5.75 Å². The predicted octanol–water partition coefficient (Wildman–Crippen LogP) is 6.09. The normalized spacial score (nSPS) is 12.4. The molecular weight excluding hydrogens is 441 g/mol. The summed E-state index contributed by atoms with van der Waals surface area (Å²) in [4.78, 5) is 12.5. The summed E-state index contributed by atoms with van der Waals surface area (Å²) in [6, 6.07) is 11.0. The van der Waals surface area contributed by atoms with Gasteiger partial charge in [-0.15, -0.1) is 11.8 Å². The minimum absolute atomic E-state index is 0.0210. The van der Waals surface area contributed by atoms with Gasteiger partial charge in [0.25, 0.3) is 0 Å². The molecule has 0 aliphatic heterocycles. The lowest BCUT2D eigenvalue weighted by molar-refractivity contribution is -0.145. The van der Waals surface area contributed by atoms with Gasteiger partial charge in [-0.3, -0.25) is 0 Å². The van der Waals surface area contributed by atoms with Crippen molar-refractivity contribution >= 4 is 17.7 Å². The summed E-state index contributed by atoms with van der Waals surface area (Å²) in [5.41, 5.74) is 1.13. The fraction of sp³-hybridized carbons (Fsp3) is 0.458. The maximum atomic E-state index is 12.7. The molecule has 0 spiro atoms. The summed E-state index contributed by atoms with van der Waals surface area (Å²) in [7, 11) is 0. The number of halogens is 3. The van der Waals surface area contributed by atoms with Gasteiger partial charge in [0.2, 0.25) is 0 Å². The van der Waals surface area contributed by atoms with E-state index in [-0.39, 0.29) is 12.7 Å². The van der Waals surface area contributed by atoms with Crippen LogP contribution in [0.1, 0.15) is 37.0 Å². The van der Waals surface area contributed by atoms with Crippen molar-refractivity contribution in [2.75, 3.05) is 25.6 Å². The van der Waals surface area contributed by atoms with Gasteiger partial charge in [0.05, 0.1) is 18.3 Å². The number of aryl methyl sites for hydroxylation is 2. The first-order chi connectivity index (χ1) is 15.2. The smallest absolute Gasteiger partial charge is 0.416 e. The first-order valence-electron chi connectivity index (χ1n) is 10.5. The van der Waals surface area contributed by atoms with Gasteiger partial charge in [0.1, 0.15) is 5.75 Å². The zero-order chi connectivity index (χ0) is 23.6. The fourth-order valence-electron chi connectivity index (χ4n) is 3.04. The van der Waals surface area contributed by atoms with Crippen LogP contribution in [0.5, 0.6) is 5.75 Å². The molecule has 2 aromatic rings. The van der Waals surface area contributed by atoms with Crippen molar-refractivity contribution in [2.45, 2.75) is 50.8 Å². The average Bonchev–Trinajstić information content (AvgIpc) is 2.75. The fourth-order valence-corrected chi connectivity index (χ4v) is 4.11. The Bertz CT molecular complexity index is 853. The standard InChI is InChI=1S/C24H29F3O4S/c1-4-29-20(11-8-18-6-9-19(10-7-18)24(25,26)27)16-32-21-12-13-22(17(3)14-21)31-15-23(28)30-5-2/h6-7,9-10,12-14,20H,4-5,8,11,15-16H2,1-3H3. The van der Waals surface area contributed by atoms with Crippen LogP contribution < -0.4 is 4.74 Å². The van der Waals surface area contributed by atoms with E-state index in [4.69, 9.17) is 14.2 Å². The van der Waals surface area contributed by atoms with Gasteiger partial charge in [-0.1, -0.05) is 12.1 Å². The van der Waals surface area contributed by atoms with Gasteiger partial charge in [0, 0.05) is 17.3 Å². The van der Waals surface area contributed by atoms with Crippen molar-refractivity contribution in [1.82, 2.24) is 0 Å². The van der Waals surface area contributed by atoms with Crippen molar-refractivity contribution < 1.29 is 32.2 Å². The van der Waals surface area contributed by atoms with E-state index in [1.54, 1.807) is 18.7 Å². The zero-order valence-corrected chi connectivity index (χ0v) is 19.4. The van der Waals surface area contributed by atoms with Crippen molar-refractivity contribution in [1.29, 1.82) is 0 Å². The number of alkyl halides is 3. The molecule has 2 aromatic carbocycles. The van der Waals surface area contributed by atoms with Crippen LogP contribution >= 0.6 is 11.8 Å². The largest absolute Gasteiger partial charge is 0.482 e. The van der Waals surface area contributed by atoms with Gasteiger partial charge in [-0.2, -0.15) is 13.2 Å². The topological polar surface area (TPSA) is 44.8 Å². The Morgan fingerprint density at radius 1 is 1.06 bits per heavy atom. The number of benzene rings is 2. The minimum Gasteiger partial charge on any atom is -0.482 e. The molecule has 0 saturated heterocycles. The van der Waals surface area contributed by atoms with E-state index in [2.05, 4.69) is 0 Å². The molecule has 0 N–H and O–H groups in total. The maximum Gasteiger partial charge on any atom is 0.416 e. The minimum atomic E-state index is -4.32. The number of esters is 1. The van der Waals surface area contributed by atoms with Crippen LogP contribution in [0.2, 0.25) is 0 Å². The van der Waals surface area contributed by atoms with Gasteiger partial charge in [-0.05, 0) is 75.1 Å². The quantitative estimate of drug-likeness (QED) is 0.278. The molecular formula is C24H29F3O4S. The molecule has 176 valence electrons. The van der Waals surface area contributed by atoms with E-state index in [1.165, 1.54) is 12.1 Å². The maximum absolute atomic E-state index is 12.7. The molecule has 0 bridgehead atoms. The molecule has 0 saturated carbocycles. The first-order valence-corrected chi connectivity index (χ1v) is 11.5. The van der Waals surface area contributed by atoms with Crippen molar-refractivity contribution in [2.24, 2.45) is 0 Å². The number of ether oxygens (including phenoxy) is 3. The molecule has 1 atom stereocenters. The average molecular weight is 471 g/mol. The molecule has 8 heteroatoms. The molecule has 0 aromatic heterocycles. The summed E-state index contributed by atoms with van der Waals surface area (Å²) < 4.78 is 54.3. The summed E-state index contributed by atoms with van der Waals surface area (Å²) in [5, 5.41) is 0. The second-order valence-electron chi connectivity index (χ2n) is 7.14. The molecule has 0 radical (unpaired) electrons. The number of carbonyl (C=O) groups excluding carboxylic acids is 1. The molecule has 0 heterocycles. The van der Waals surface area contributed by atoms with E-state index < -0.39 is 17.7 Å². The van der Waals surface area contributed by atoms with Crippen LogP contribution in [0.25, 0.3) is 0 Å². The molecule has 0 amide bonds. The highest BCUT2D eigenvalue weighted by Gasteiger charge is 2.29. The summed E-state index contributed by atoms with van der Waals surface area (Å²) in [5.74, 6) is 0.945. The van der Waals surface area contributed by atoms with Crippen LogP contribution in [0.3, 0.4) is 0 Å². The molecule has 0 fully saturated rings. The van der Waals surface area contributed by atoms with Crippen molar-refractivity contribution in [3.05, 3.63) is 59.2 Å². The number of hydrogen-bond donors (Lipinski definition) is 0. The van der Waals surface area contributed by atoms with E-state index in [9.17, 15) is 18.0 Å². The van der Waals surface area contributed by atoms with E-state index in [0.29, 0.717) is 31.8 Å². The second-order valence-corrected chi connectivity index (χ2v) is 8.24. The number of carbonyl (C=O) groups is 1. The summed E-state index contributed by atoms with van der Waals surface area (Å²) in [6.45, 7) is 6.34. The van der Waals surface area contributed by atoms with Crippen LogP contribution in [-0.2, 0) is 26.9 Å². The lowest BCUT2D eigenvalue weighted by atomic mass is 10.1. The summed E-state index contributed by atoms with van der Waals surface area (Å²) in [6.07, 6.45) is -2.98. The molecule has 4 nitrogen and oxygen atoms in total. The van der Waals surface area contributed by atoms with Gasteiger partial charge in [0.15, 0.2) is 6.61 Å². The molecule has 1 unspecified atom stereocenters. The van der Waals surface area contributed by atoms with Gasteiger partial charge in [-0.25, -0.2) is 4.79 Å². The third kappa shape index (κ3) is 8.74. The Labute approximate surface area is 191 Å². The lowest BCUT2D eigenvalue weighted by Gasteiger charge is -2.17. The molecule has 0 aliphatic carbocycles. The monoisotopic (exact) mass is 470 g/mol. The van der Waals surface area contributed by atoms with Gasteiger partial charge >= 0.3 is 12.1 Å². The SMILES string of the molecule is CCOC(=O)COc1ccc(SCC(CCc2ccc(C(F)(F)F)cc2)OCC)cc1C. The Hall–Kier alpha value is -2.19. The van der Waals surface area contributed by atoms with Crippen LogP contribution in [0.15, 0.2) is 47.4 Å². The number of hydrogen-bond acceptors (Lipinski definition) is 5. The first kappa shape index (κ1) is 26.1. The predicted molar refractivity (Wildman–Crippen MR) is 119 cm³/mol. The highest BCUT2D eigenvalue weighted by Crippen LogP contribution is 2.30. The van der Waals surface area contributed by atoms with E-state index >= 15 is 0 Å². The van der Waals surface area contributed by atoms with Crippen LogP contribution in [-0.4, -0.2) is 37.6 Å². The second kappa shape index (κ2) is 12.7. The van der Waals surface area contributed by atoms with E-state index in [1.807, 2.05) is 32.0 Å². The van der Waals surface area contributed by atoms with Gasteiger partial charge < -0.3 is 14.2 Å². The zero-order valence-electron chi connectivity index (χ0n) is 18.5. The highest BCUT2D eigenvalue weighted by atomic mass is 32.2. The lowest BCUT2D eigenvalue weighted by Crippen LogP contribution is -2.17. The molecule has 0 aliphatic rings. The Morgan fingerprint density at radius 3 is 2.38 bits per heavy atom. The van der Waals surface area contributed by atoms with Crippen molar-refractivity contribution in [3.63, 3.8) is 0 Å². The Morgan fingerprint density at radius 2 is 1.78 bits per heavy atom.